The number of halogens is 2. The average Bonchev–Trinajstić information content (AvgIpc) is 3.88. The first-order chi connectivity index (χ1) is 25.6. The number of amides is 3. The van der Waals surface area contributed by atoms with E-state index < -0.39 is 23.7 Å². The molecule has 0 radical (unpaired) electrons. The van der Waals surface area contributed by atoms with Crippen LogP contribution in [0.5, 0.6) is 11.5 Å². The van der Waals surface area contributed by atoms with Crippen molar-refractivity contribution < 1.29 is 33.4 Å². The van der Waals surface area contributed by atoms with Crippen molar-refractivity contribution in [2.45, 2.75) is 36.5 Å². The zero-order valence-electron chi connectivity index (χ0n) is 28.4. The van der Waals surface area contributed by atoms with E-state index in [4.69, 9.17) is 37.4 Å². The minimum absolute atomic E-state index is 0.0107. The van der Waals surface area contributed by atoms with Gasteiger partial charge in [-0.05, 0) is 98.2 Å². The van der Waals surface area contributed by atoms with Crippen LogP contribution < -0.4 is 24.6 Å². The lowest BCUT2D eigenvalue weighted by Crippen LogP contribution is -2.42. The van der Waals surface area contributed by atoms with E-state index in [1.807, 2.05) is 19.1 Å². The first-order valence-electron chi connectivity index (χ1n) is 17.3. The normalized spacial score (nSPS) is 25.1. The van der Waals surface area contributed by atoms with Gasteiger partial charge < -0.3 is 24.5 Å². The van der Waals surface area contributed by atoms with E-state index in [0.29, 0.717) is 45.1 Å². The highest BCUT2D eigenvalue weighted by Gasteiger charge is 2.69. The van der Waals surface area contributed by atoms with Crippen LogP contribution in [0.4, 0.5) is 11.4 Å². The second-order valence-electron chi connectivity index (χ2n) is 13.3. The molecule has 3 heterocycles. The third-order valence-electron chi connectivity index (χ3n) is 10.5. The Balaban J connectivity index is 1.07. The molecule has 15 heteroatoms. The van der Waals surface area contributed by atoms with Gasteiger partial charge in [0, 0.05) is 21.7 Å². The van der Waals surface area contributed by atoms with Crippen LogP contribution in [0, 0.1) is 29.6 Å². The highest BCUT2D eigenvalue weighted by atomic mass is 35.5. The Morgan fingerprint density at radius 2 is 1.64 bits per heavy atom. The molecule has 3 amide bonds. The number of esters is 1. The number of fused-ring (bicyclic) bond motifs is 9. The lowest BCUT2D eigenvalue weighted by Gasteiger charge is -2.43. The van der Waals surface area contributed by atoms with E-state index in [0.717, 1.165) is 21.9 Å². The van der Waals surface area contributed by atoms with Gasteiger partial charge in [-0.2, -0.15) is 0 Å². The molecule has 1 saturated heterocycles. The SMILES string of the molecule is CCOC(=O)c1ccc(N2C(=O)[C@H]3[C@H]4C[C@@H]([C@@H]3C2=O)[C@@H]2[C@H](c3ccc(OCC(=O)Nc5ccc(Cl)c(Cl)c5)c(OCC)c3)c3sc(=O)[nH]c3S[C@H]42)cc1. The van der Waals surface area contributed by atoms with Crippen LogP contribution in [0.2, 0.25) is 10.0 Å². The average molecular weight is 795 g/mol. The molecule has 2 N–H and O–H groups in total. The predicted molar refractivity (Wildman–Crippen MR) is 202 cm³/mol. The second-order valence-corrected chi connectivity index (χ2v) is 16.4. The van der Waals surface area contributed by atoms with Gasteiger partial charge >= 0.3 is 10.8 Å². The highest BCUT2D eigenvalue weighted by Crippen LogP contribution is 2.68. The number of ether oxygens (including phenoxy) is 3. The van der Waals surface area contributed by atoms with Gasteiger partial charge in [0.25, 0.3) is 5.91 Å². The summed E-state index contributed by atoms with van der Waals surface area (Å²) in [6, 6.07) is 16.7. The summed E-state index contributed by atoms with van der Waals surface area (Å²) in [6.45, 7) is 3.87. The number of H-pyrrole nitrogens is 1. The molecule has 53 heavy (non-hydrogen) atoms. The lowest BCUT2D eigenvalue weighted by molar-refractivity contribution is -0.123. The van der Waals surface area contributed by atoms with Crippen LogP contribution in [0.25, 0.3) is 0 Å². The van der Waals surface area contributed by atoms with Gasteiger partial charge in [-0.1, -0.05) is 40.6 Å². The molecule has 4 aromatic rings. The number of hydrogen-bond donors (Lipinski definition) is 2. The van der Waals surface area contributed by atoms with Crippen molar-refractivity contribution in [1.82, 2.24) is 4.98 Å². The number of nitrogens with one attached hydrogen (secondary N) is 2. The first-order valence-corrected chi connectivity index (χ1v) is 19.7. The van der Waals surface area contributed by atoms with Crippen LogP contribution in [0.15, 0.2) is 70.5 Å². The van der Waals surface area contributed by atoms with Crippen molar-refractivity contribution >= 4 is 81.4 Å². The van der Waals surface area contributed by atoms with Gasteiger partial charge in [-0.15, -0.1) is 11.8 Å². The number of thiazole rings is 1. The van der Waals surface area contributed by atoms with E-state index in [1.165, 1.54) is 16.2 Å². The summed E-state index contributed by atoms with van der Waals surface area (Å²) < 4.78 is 17.0. The summed E-state index contributed by atoms with van der Waals surface area (Å²) in [5, 5.41) is 4.21. The van der Waals surface area contributed by atoms with Crippen LogP contribution in [0.1, 0.15) is 47.0 Å². The maximum Gasteiger partial charge on any atom is 0.338 e. The number of rotatable bonds is 10. The molecule has 2 saturated carbocycles. The molecule has 8 rings (SSSR count). The van der Waals surface area contributed by atoms with Gasteiger partial charge in [0.1, 0.15) is 0 Å². The van der Waals surface area contributed by atoms with Crippen molar-refractivity contribution in [3.8, 4) is 11.5 Å². The quantitative estimate of drug-likeness (QED) is 0.128. The first kappa shape index (κ1) is 35.7. The molecule has 0 spiro atoms. The van der Waals surface area contributed by atoms with Gasteiger partial charge in [-0.25, -0.2) is 4.79 Å². The maximum atomic E-state index is 14.2. The van der Waals surface area contributed by atoms with Gasteiger partial charge in [-0.3, -0.25) is 24.1 Å². The van der Waals surface area contributed by atoms with Crippen molar-refractivity contribution in [3.63, 3.8) is 0 Å². The third-order valence-corrected chi connectivity index (χ3v) is 13.9. The van der Waals surface area contributed by atoms with Crippen molar-refractivity contribution in [1.29, 1.82) is 0 Å². The van der Waals surface area contributed by atoms with Crippen molar-refractivity contribution in [2.75, 3.05) is 30.0 Å². The molecular weight excluding hydrogens is 761 g/mol. The Kier molecular flexibility index (Phi) is 9.54. The number of carbonyl (C=O) groups is 4. The Labute approximate surface area is 322 Å². The Hall–Kier alpha value is -4.30. The van der Waals surface area contributed by atoms with Gasteiger partial charge in [0.2, 0.25) is 11.8 Å². The van der Waals surface area contributed by atoms with Crippen LogP contribution in [0.3, 0.4) is 0 Å². The van der Waals surface area contributed by atoms with Crippen molar-refractivity contribution in [2.24, 2.45) is 29.6 Å². The Morgan fingerprint density at radius 3 is 2.36 bits per heavy atom. The molecule has 2 aliphatic heterocycles. The molecule has 3 aromatic carbocycles. The summed E-state index contributed by atoms with van der Waals surface area (Å²) in [7, 11) is 0. The zero-order valence-corrected chi connectivity index (χ0v) is 31.6. The van der Waals surface area contributed by atoms with E-state index in [-0.39, 0.29) is 58.8 Å². The molecule has 0 unspecified atom stereocenters. The summed E-state index contributed by atoms with van der Waals surface area (Å²) >= 11 is 14.9. The smallest absolute Gasteiger partial charge is 0.338 e. The number of benzene rings is 3. The lowest BCUT2D eigenvalue weighted by atomic mass is 9.68. The number of imide groups is 1. The van der Waals surface area contributed by atoms with Crippen molar-refractivity contribution in [3.05, 3.63) is 96.4 Å². The molecular formula is C38H33Cl2N3O8S2. The Bertz CT molecular complexity index is 2210. The molecule has 11 nitrogen and oxygen atoms in total. The van der Waals surface area contributed by atoms with E-state index >= 15 is 0 Å². The number of hydrogen-bond acceptors (Lipinski definition) is 10. The number of nitrogens with zero attached hydrogens (tertiary/aromatic N) is 1. The van der Waals surface area contributed by atoms with E-state index in [1.54, 1.807) is 67.2 Å². The molecule has 1 aromatic heterocycles. The third kappa shape index (κ3) is 6.21. The molecule has 3 fully saturated rings. The number of aromatic amines is 1. The van der Waals surface area contributed by atoms with Gasteiger partial charge in [0.05, 0.1) is 51.4 Å². The molecule has 4 aliphatic rings. The minimum Gasteiger partial charge on any atom is -0.490 e. The maximum absolute atomic E-state index is 14.2. The highest BCUT2D eigenvalue weighted by molar-refractivity contribution is 8.00. The molecule has 2 bridgehead atoms. The van der Waals surface area contributed by atoms with Crippen LogP contribution >= 0.6 is 46.3 Å². The molecule has 274 valence electrons. The fraction of sp³-hybridized carbons (Fsp3) is 0.342. The van der Waals surface area contributed by atoms with E-state index in [2.05, 4.69) is 10.3 Å². The number of carbonyl (C=O) groups excluding carboxylic acids is 4. The summed E-state index contributed by atoms with van der Waals surface area (Å²) in [4.78, 5) is 71.1. The predicted octanol–water partition coefficient (Wildman–Crippen LogP) is 7.01. The fourth-order valence-electron chi connectivity index (χ4n) is 8.63. The van der Waals surface area contributed by atoms with Crippen LogP contribution in [-0.2, 0) is 19.1 Å². The number of aromatic nitrogens is 1. The van der Waals surface area contributed by atoms with Gasteiger partial charge in [0.15, 0.2) is 18.1 Å². The summed E-state index contributed by atoms with van der Waals surface area (Å²) in [6.07, 6.45) is 0.730. The number of thioether (sulfide) groups is 1. The zero-order chi connectivity index (χ0) is 37.1. The minimum atomic E-state index is -0.498. The summed E-state index contributed by atoms with van der Waals surface area (Å²) in [5.74, 6) is -1.93. The van der Waals surface area contributed by atoms with Crippen LogP contribution in [-0.4, -0.2) is 53.7 Å². The Morgan fingerprint density at radius 1 is 0.887 bits per heavy atom. The standard InChI is InChI=1S/C38H33Cl2N3O8S2/c1-3-49-26-13-18(7-12-25(26)51-16-27(44)41-19-8-11-23(39)24(40)14-19)28-29-21-15-22(32(29)52-34-33(28)53-38(48)42-34)31-30(21)35(45)43(36(31)46)20-9-5-17(6-10-20)37(47)50-4-2/h5-14,21-22,28-32H,3-4,15-16H2,1-2H3,(H,41,44)(H,42,48)/t21-,22-,28+,29-,30+,31+,32-/m1/s1. The second kappa shape index (κ2) is 14.2. The number of anilines is 2. The monoisotopic (exact) mass is 793 g/mol. The fourth-order valence-corrected chi connectivity index (χ4v) is 11.8. The molecule has 2 aliphatic carbocycles. The van der Waals surface area contributed by atoms with E-state index in [9.17, 15) is 24.0 Å². The summed E-state index contributed by atoms with van der Waals surface area (Å²) in [5.41, 5.74) is 2.14. The largest absolute Gasteiger partial charge is 0.490 e. The topological polar surface area (TPSA) is 144 Å². The molecule has 7 atom stereocenters.